The molecule has 0 fully saturated rings. The minimum atomic E-state index is -5.04. The lowest BCUT2D eigenvalue weighted by atomic mass is 9.92. The van der Waals surface area contributed by atoms with Crippen LogP contribution in [0.25, 0.3) is 6.08 Å². The zero-order chi connectivity index (χ0) is 31.1. The van der Waals surface area contributed by atoms with E-state index in [2.05, 4.69) is 16.6 Å². The van der Waals surface area contributed by atoms with E-state index in [1.807, 2.05) is 0 Å². The van der Waals surface area contributed by atoms with Gasteiger partial charge in [0.2, 0.25) is 0 Å². The number of fused-ring (bicyclic) bond motifs is 1. The lowest BCUT2D eigenvalue weighted by Crippen LogP contribution is -2.46. The van der Waals surface area contributed by atoms with Gasteiger partial charge in [0.25, 0.3) is 0 Å². The highest BCUT2D eigenvalue weighted by molar-refractivity contribution is 7.91. The molecule has 0 saturated carbocycles. The van der Waals surface area contributed by atoms with Gasteiger partial charge < -0.3 is 24.6 Å². The van der Waals surface area contributed by atoms with E-state index in [1.54, 1.807) is 61.9 Å². The summed E-state index contributed by atoms with van der Waals surface area (Å²) in [4.78, 5) is 36.2. The van der Waals surface area contributed by atoms with Gasteiger partial charge in [-0.2, -0.15) is 8.42 Å². The molecule has 12 nitrogen and oxygen atoms in total. The molecular weight excluding hydrogens is 573 g/mol. The van der Waals surface area contributed by atoms with E-state index in [-0.39, 0.29) is 35.3 Å². The molecule has 226 valence electrons. The number of hydrogen-bond acceptors (Lipinski definition) is 8. The number of nitrogens with zero attached hydrogens (tertiary/aromatic N) is 1. The Labute approximate surface area is 242 Å². The number of rotatable bonds is 11. The zero-order valence-electron chi connectivity index (χ0n) is 23.3. The van der Waals surface area contributed by atoms with Crippen molar-refractivity contribution in [3.05, 3.63) is 77.6 Å². The maximum absolute atomic E-state index is 16.4. The number of carboxylic acids is 1. The second kappa shape index (κ2) is 13.4. The van der Waals surface area contributed by atoms with Crippen LogP contribution in [0.3, 0.4) is 0 Å². The van der Waals surface area contributed by atoms with Gasteiger partial charge in [0.1, 0.15) is 36.8 Å². The van der Waals surface area contributed by atoms with Gasteiger partial charge in [0, 0.05) is 0 Å². The van der Waals surface area contributed by atoms with Gasteiger partial charge in [-0.05, 0) is 49.9 Å². The lowest BCUT2D eigenvalue weighted by Gasteiger charge is -2.29. The summed E-state index contributed by atoms with van der Waals surface area (Å²) in [5.74, 6) is -3.07. The molecule has 3 N–H and O–H groups in total. The van der Waals surface area contributed by atoms with E-state index in [0.29, 0.717) is 11.1 Å². The standard InChI is InChI=1S/C28H32FN3O9S/c1-5-13-39-27(36)31-42(37,38)32(16-23(33)34)25-22(40-17-18-9-7-6-8-10-18)14-19-11-12-20(15-21(19)24(25)29)30-26(35)41-28(2,3)4/h5-12,14,20H,1,13,15-17H2,2-4H3,(H,30,35)(H,31,36)(H,33,34)/t20-/m1/s1. The summed E-state index contributed by atoms with van der Waals surface area (Å²) >= 11 is 0. The molecule has 2 aromatic rings. The summed E-state index contributed by atoms with van der Waals surface area (Å²) in [6, 6.07) is 9.34. The molecule has 1 atom stereocenters. The Hall–Kier alpha value is -4.59. The van der Waals surface area contributed by atoms with Crippen molar-refractivity contribution in [2.75, 3.05) is 17.5 Å². The number of carboxylic acid groups (broad SMARTS) is 1. The number of hydrogen-bond donors (Lipinski definition) is 3. The number of anilines is 1. The quantitative estimate of drug-likeness (QED) is 0.323. The van der Waals surface area contributed by atoms with E-state index < -0.39 is 58.1 Å². The van der Waals surface area contributed by atoms with Gasteiger partial charge in [-0.25, -0.2) is 23.0 Å². The molecular formula is C28H32FN3O9S. The molecule has 42 heavy (non-hydrogen) atoms. The van der Waals surface area contributed by atoms with Gasteiger partial charge in [-0.1, -0.05) is 55.1 Å². The van der Waals surface area contributed by atoms with Crippen LogP contribution in [0.4, 0.5) is 19.7 Å². The Bertz CT molecular complexity index is 1470. The first-order chi connectivity index (χ1) is 19.7. The van der Waals surface area contributed by atoms with Gasteiger partial charge in [-0.3, -0.25) is 4.79 Å². The molecule has 0 saturated heterocycles. The van der Waals surface area contributed by atoms with Crippen LogP contribution < -0.4 is 19.1 Å². The summed E-state index contributed by atoms with van der Waals surface area (Å²) in [6.45, 7) is 6.68. The summed E-state index contributed by atoms with van der Waals surface area (Å²) in [7, 11) is -5.04. The molecule has 1 aliphatic carbocycles. The highest BCUT2D eigenvalue weighted by atomic mass is 32.2. The Morgan fingerprint density at radius 2 is 1.88 bits per heavy atom. The van der Waals surface area contributed by atoms with Crippen LogP contribution in [0.2, 0.25) is 0 Å². The van der Waals surface area contributed by atoms with Crippen LogP contribution in [0.1, 0.15) is 37.5 Å². The Morgan fingerprint density at radius 3 is 2.50 bits per heavy atom. The van der Waals surface area contributed by atoms with Crippen molar-refractivity contribution < 1.29 is 46.5 Å². The number of ether oxygens (including phenoxy) is 3. The first-order valence-electron chi connectivity index (χ1n) is 12.7. The minimum absolute atomic E-state index is 0.0274. The second-order valence-electron chi connectivity index (χ2n) is 10.1. The smallest absolute Gasteiger partial charge is 0.422 e. The molecule has 0 unspecified atom stereocenters. The first kappa shape index (κ1) is 31.9. The van der Waals surface area contributed by atoms with Crippen LogP contribution in [-0.4, -0.2) is 56.5 Å². The van der Waals surface area contributed by atoms with Crippen LogP contribution in [0, 0.1) is 5.82 Å². The zero-order valence-corrected chi connectivity index (χ0v) is 24.1. The highest BCUT2D eigenvalue weighted by Crippen LogP contribution is 2.40. The number of nitrogens with one attached hydrogen (secondary N) is 2. The molecule has 14 heteroatoms. The topological polar surface area (TPSA) is 161 Å². The molecule has 0 heterocycles. The number of halogens is 1. The normalized spacial score (nSPS) is 14.2. The lowest BCUT2D eigenvalue weighted by molar-refractivity contribution is -0.135. The van der Waals surface area contributed by atoms with Crippen LogP contribution in [-0.2, 0) is 37.5 Å². The molecule has 2 aromatic carbocycles. The van der Waals surface area contributed by atoms with Crippen molar-refractivity contribution in [2.24, 2.45) is 0 Å². The fourth-order valence-electron chi connectivity index (χ4n) is 3.91. The third-order valence-corrected chi connectivity index (χ3v) is 6.89. The van der Waals surface area contributed by atoms with E-state index in [1.165, 1.54) is 18.2 Å². The van der Waals surface area contributed by atoms with Crippen molar-refractivity contribution in [1.82, 2.24) is 10.0 Å². The van der Waals surface area contributed by atoms with Gasteiger partial charge in [0.05, 0.1) is 6.04 Å². The van der Waals surface area contributed by atoms with Crippen molar-refractivity contribution in [3.8, 4) is 5.75 Å². The maximum atomic E-state index is 16.4. The summed E-state index contributed by atoms with van der Waals surface area (Å²) in [6.07, 6.45) is 2.01. The van der Waals surface area contributed by atoms with E-state index in [0.717, 1.165) is 0 Å². The monoisotopic (exact) mass is 605 g/mol. The maximum Gasteiger partial charge on any atom is 0.422 e. The number of alkyl carbamates (subject to hydrolysis) is 1. The van der Waals surface area contributed by atoms with Gasteiger partial charge >= 0.3 is 28.4 Å². The molecule has 0 bridgehead atoms. The molecule has 0 radical (unpaired) electrons. The molecule has 1 aliphatic rings. The van der Waals surface area contributed by atoms with Crippen LogP contribution >= 0.6 is 0 Å². The van der Waals surface area contributed by atoms with Crippen LogP contribution in [0.15, 0.2) is 55.1 Å². The minimum Gasteiger partial charge on any atom is -0.487 e. The molecule has 2 amide bonds. The molecule has 0 aliphatic heterocycles. The fraction of sp³-hybridized carbons (Fsp3) is 0.321. The second-order valence-corrected chi connectivity index (χ2v) is 11.7. The van der Waals surface area contributed by atoms with Crippen molar-refractivity contribution in [1.29, 1.82) is 0 Å². The van der Waals surface area contributed by atoms with Gasteiger partial charge in [0.15, 0.2) is 5.82 Å². The third kappa shape index (κ3) is 8.70. The van der Waals surface area contributed by atoms with E-state index >= 15 is 4.39 Å². The predicted molar refractivity (Wildman–Crippen MR) is 152 cm³/mol. The molecule has 0 aromatic heterocycles. The number of carbonyl (C=O) groups is 3. The Kier molecular flexibility index (Phi) is 10.2. The largest absolute Gasteiger partial charge is 0.487 e. The Morgan fingerprint density at radius 1 is 1.19 bits per heavy atom. The molecule has 0 spiro atoms. The third-order valence-electron chi connectivity index (χ3n) is 5.58. The first-order valence-corrected chi connectivity index (χ1v) is 14.1. The summed E-state index contributed by atoms with van der Waals surface area (Å²) in [5, 5.41) is 12.2. The van der Waals surface area contributed by atoms with E-state index in [9.17, 15) is 27.9 Å². The number of amides is 2. The van der Waals surface area contributed by atoms with Gasteiger partial charge in [-0.15, -0.1) is 0 Å². The average molecular weight is 606 g/mol. The van der Waals surface area contributed by atoms with Crippen LogP contribution in [0.5, 0.6) is 5.75 Å². The number of aliphatic carboxylic acids is 1. The Balaban J connectivity index is 2.08. The van der Waals surface area contributed by atoms with Crippen molar-refractivity contribution in [2.45, 2.75) is 45.4 Å². The number of benzene rings is 2. The van der Waals surface area contributed by atoms with Crippen molar-refractivity contribution in [3.63, 3.8) is 0 Å². The van der Waals surface area contributed by atoms with E-state index in [4.69, 9.17) is 9.47 Å². The SMILES string of the molecule is C=CCOC(=O)NS(=O)(=O)N(CC(=O)O)c1c(OCc2ccccc2)cc2c(c1F)C[C@H](NC(=O)OC(C)(C)C)C=C2. The summed E-state index contributed by atoms with van der Waals surface area (Å²) in [5.41, 5.74) is -0.581. The number of carbonyl (C=O) groups excluding carboxylic acids is 2. The predicted octanol–water partition coefficient (Wildman–Crippen LogP) is 3.92. The summed E-state index contributed by atoms with van der Waals surface area (Å²) < 4.78 is 60.4. The molecule has 3 rings (SSSR count). The van der Waals surface area contributed by atoms with Crippen molar-refractivity contribution >= 4 is 40.1 Å². The average Bonchev–Trinajstić information content (AvgIpc) is 2.89. The highest BCUT2D eigenvalue weighted by Gasteiger charge is 2.35. The fourth-order valence-corrected chi connectivity index (χ4v) is 4.98.